The van der Waals surface area contributed by atoms with Crippen molar-refractivity contribution in [2.24, 2.45) is 6.98 Å². The number of pyridine rings is 1. The van der Waals surface area contributed by atoms with Crippen molar-refractivity contribution in [2.75, 3.05) is 0 Å². The summed E-state index contributed by atoms with van der Waals surface area (Å²) in [6.07, 6.45) is 1.60. The average molecular weight is 265 g/mol. The Morgan fingerprint density at radius 1 is 1.30 bits per heavy atom. The third-order valence-corrected chi connectivity index (χ3v) is 3.93. The first-order valence-corrected chi connectivity index (χ1v) is 6.46. The quantitative estimate of drug-likeness (QED) is 0.403. The maximum atomic E-state index is 7.92. The van der Waals surface area contributed by atoms with Gasteiger partial charge < -0.3 is 4.42 Å². The molecule has 3 aromatic heterocycles. The predicted octanol–water partition coefficient (Wildman–Crippen LogP) is 2.64. The van der Waals surface area contributed by atoms with Crippen LogP contribution in [0.5, 0.6) is 0 Å². The van der Waals surface area contributed by atoms with Crippen molar-refractivity contribution in [3.63, 3.8) is 0 Å². The van der Waals surface area contributed by atoms with E-state index in [1.165, 1.54) is 4.57 Å². The van der Waals surface area contributed by atoms with Crippen LogP contribution in [0.1, 0.15) is 9.68 Å². The van der Waals surface area contributed by atoms with Crippen LogP contribution in [0.2, 0.25) is 0 Å². The molecule has 0 fully saturated rings. The summed E-state index contributed by atoms with van der Waals surface area (Å²) in [5.41, 5.74) is 3.70. The summed E-state index contributed by atoms with van der Waals surface area (Å²) >= 11 is 0. The van der Waals surface area contributed by atoms with Gasteiger partial charge in [-0.2, -0.15) is 4.57 Å². The SMILES string of the molecule is [2H]C([2H])([2H])n1c2ncccc2c2oc3[n+](c21)Cc1ccccc1-3. The number of hydrogen-bond acceptors (Lipinski definition) is 2. The Morgan fingerprint density at radius 2 is 2.25 bits per heavy atom. The largest absolute Gasteiger partial charge is 0.413 e. The molecule has 0 radical (unpaired) electrons. The van der Waals surface area contributed by atoms with Crippen molar-refractivity contribution in [3.05, 3.63) is 48.2 Å². The maximum Gasteiger partial charge on any atom is 0.330 e. The van der Waals surface area contributed by atoms with Crippen LogP contribution < -0.4 is 4.57 Å². The standard InChI is InChI=1S/C16H12N3O/c1-18-14-12(7-4-8-17-14)13-15(18)19-9-10-5-2-3-6-11(10)16(19)20-13/h2-8H,9H2,1H3/q+1/i1D3. The van der Waals surface area contributed by atoms with E-state index in [2.05, 4.69) is 4.98 Å². The molecule has 0 aliphatic carbocycles. The zero-order chi connectivity index (χ0) is 15.8. The Labute approximate surface area is 119 Å². The molecule has 4 heterocycles. The highest BCUT2D eigenvalue weighted by molar-refractivity contribution is 6.00. The molecule has 0 bridgehead atoms. The summed E-state index contributed by atoms with van der Waals surface area (Å²) in [6.45, 7) is -1.72. The van der Waals surface area contributed by atoms with Crippen LogP contribution in [-0.2, 0) is 13.5 Å². The molecule has 1 aromatic carbocycles. The third kappa shape index (κ3) is 1.04. The third-order valence-electron chi connectivity index (χ3n) is 3.93. The smallest absolute Gasteiger partial charge is 0.330 e. The van der Waals surface area contributed by atoms with Crippen LogP contribution in [-0.4, -0.2) is 9.55 Å². The number of oxazole rings is 1. The van der Waals surface area contributed by atoms with Crippen LogP contribution in [0.3, 0.4) is 0 Å². The summed E-state index contributed by atoms with van der Waals surface area (Å²) < 4.78 is 33.1. The van der Waals surface area contributed by atoms with Gasteiger partial charge in [0.25, 0.3) is 5.89 Å². The Bertz CT molecular complexity index is 1090. The fourth-order valence-corrected chi connectivity index (χ4v) is 3.05. The zero-order valence-corrected chi connectivity index (χ0v) is 10.5. The van der Waals surface area contributed by atoms with E-state index in [9.17, 15) is 0 Å². The number of nitrogens with zero attached hydrogens (tertiary/aromatic N) is 3. The first kappa shape index (κ1) is 7.85. The minimum Gasteiger partial charge on any atom is -0.413 e. The van der Waals surface area contributed by atoms with Gasteiger partial charge in [0, 0.05) is 11.8 Å². The highest BCUT2D eigenvalue weighted by Gasteiger charge is 2.34. The molecule has 4 heteroatoms. The van der Waals surface area contributed by atoms with Crippen LogP contribution >= 0.6 is 0 Å². The molecule has 0 atom stereocenters. The predicted molar refractivity (Wildman–Crippen MR) is 75.2 cm³/mol. The molecule has 4 aromatic rings. The zero-order valence-electron chi connectivity index (χ0n) is 13.5. The number of aryl methyl sites for hydroxylation is 1. The summed E-state index contributed by atoms with van der Waals surface area (Å²) in [6, 6.07) is 11.6. The Kier molecular flexibility index (Phi) is 1.29. The molecule has 0 N–H and O–H groups in total. The molecule has 20 heavy (non-hydrogen) atoms. The molecular formula is C16H12N3O+. The van der Waals surface area contributed by atoms with Crippen LogP contribution in [0.15, 0.2) is 47.0 Å². The molecule has 0 saturated heterocycles. The monoisotopic (exact) mass is 265 g/mol. The minimum atomic E-state index is -2.33. The first-order valence-electron chi connectivity index (χ1n) is 7.96. The van der Waals surface area contributed by atoms with E-state index < -0.39 is 6.98 Å². The first-order chi connectivity index (χ1) is 11.1. The van der Waals surface area contributed by atoms with Crippen molar-refractivity contribution in [3.8, 4) is 11.5 Å². The van der Waals surface area contributed by atoms with E-state index >= 15 is 0 Å². The van der Waals surface area contributed by atoms with Gasteiger partial charge in [-0.05, 0) is 18.2 Å². The Balaban J connectivity index is 1.97. The van der Waals surface area contributed by atoms with Gasteiger partial charge in [0.05, 0.1) is 22.0 Å². The van der Waals surface area contributed by atoms with Crippen molar-refractivity contribution in [1.29, 1.82) is 0 Å². The highest BCUT2D eigenvalue weighted by Crippen LogP contribution is 2.34. The van der Waals surface area contributed by atoms with Gasteiger partial charge in [-0.15, -0.1) is 0 Å². The molecule has 5 rings (SSSR count). The number of aromatic nitrogens is 3. The molecule has 1 aliphatic heterocycles. The lowest BCUT2D eigenvalue weighted by Crippen LogP contribution is -2.32. The van der Waals surface area contributed by atoms with Gasteiger partial charge in [-0.25, -0.2) is 9.55 Å². The summed E-state index contributed by atoms with van der Waals surface area (Å²) in [5.74, 6) is 0.703. The van der Waals surface area contributed by atoms with Crippen LogP contribution in [0.4, 0.5) is 0 Å². The number of benzene rings is 1. The molecule has 0 saturated carbocycles. The van der Waals surface area contributed by atoms with Gasteiger partial charge in [0.1, 0.15) is 6.54 Å². The average Bonchev–Trinajstić information content (AvgIpc) is 3.13. The lowest BCUT2D eigenvalue weighted by molar-refractivity contribution is -0.652. The molecule has 0 unspecified atom stereocenters. The van der Waals surface area contributed by atoms with Crippen LogP contribution in [0.25, 0.3) is 33.7 Å². The van der Waals surface area contributed by atoms with Gasteiger partial charge in [0.2, 0.25) is 11.2 Å². The molecule has 0 amide bonds. The fraction of sp³-hybridized carbons (Fsp3) is 0.125. The molecule has 96 valence electrons. The summed E-state index contributed by atoms with van der Waals surface area (Å²) in [5, 5.41) is 0.720. The topological polar surface area (TPSA) is 34.8 Å². The number of fused-ring (bicyclic) bond motifs is 7. The maximum absolute atomic E-state index is 7.92. The fourth-order valence-electron chi connectivity index (χ4n) is 3.05. The van der Waals surface area contributed by atoms with Gasteiger partial charge in [-0.1, -0.05) is 18.2 Å². The molecule has 0 spiro atoms. The van der Waals surface area contributed by atoms with Gasteiger partial charge in [-0.3, -0.25) is 0 Å². The second-order valence-electron chi connectivity index (χ2n) is 5.01. The summed E-state index contributed by atoms with van der Waals surface area (Å²) in [7, 11) is 0. The Hall–Kier alpha value is -2.62. The van der Waals surface area contributed by atoms with E-state index in [-0.39, 0.29) is 0 Å². The van der Waals surface area contributed by atoms with Gasteiger partial charge >= 0.3 is 5.65 Å². The molecule has 1 aliphatic rings. The lowest BCUT2D eigenvalue weighted by Gasteiger charge is -1.91. The van der Waals surface area contributed by atoms with Crippen LogP contribution in [0, 0.1) is 0 Å². The van der Waals surface area contributed by atoms with Gasteiger partial charge in [0.15, 0.2) is 0 Å². The highest BCUT2D eigenvalue weighted by atomic mass is 16.4. The number of rotatable bonds is 0. The lowest BCUT2D eigenvalue weighted by atomic mass is 10.1. The normalized spacial score (nSPS) is 15.9. The van der Waals surface area contributed by atoms with Crippen molar-refractivity contribution < 1.29 is 13.1 Å². The van der Waals surface area contributed by atoms with E-state index in [0.717, 1.165) is 16.5 Å². The number of hydrogen-bond donors (Lipinski definition) is 0. The van der Waals surface area contributed by atoms with E-state index in [1.807, 2.05) is 34.9 Å². The second kappa shape index (κ2) is 3.28. The van der Waals surface area contributed by atoms with Crippen molar-refractivity contribution >= 4 is 22.3 Å². The Morgan fingerprint density at radius 3 is 3.20 bits per heavy atom. The van der Waals surface area contributed by atoms with E-state index in [4.69, 9.17) is 8.53 Å². The minimum absolute atomic E-state index is 0.424. The second-order valence-corrected chi connectivity index (χ2v) is 5.01. The molecule has 4 nitrogen and oxygen atoms in total. The summed E-state index contributed by atoms with van der Waals surface area (Å²) in [4.78, 5) is 4.26. The van der Waals surface area contributed by atoms with E-state index in [0.29, 0.717) is 29.3 Å². The van der Waals surface area contributed by atoms with Crippen molar-refractivity contribution in [1.82, 2.24) is 9.55 Å². The molecular weight excluding hydrogens is 250 g/mol. The van der Waals surface area contributed by atoms with Crippen molar-refractivity contribution in [2.45, 2.75) is 6.54 Å². The van der Waals surface area contributed by atoms with E-state index in [1.54, 1.807) is 12.3 Å².